The normalized spacial score (nSPS) is 23.2. The van der Waals surface area contributed by atoms with Crippen LogP contribution >= 0.6 is 11.6 Å². The summed E-state index contributed by atoms with van der Waals surface area (Å²) in [5.41, 5.74) is 3.37. The van der Waals surface area contributed by atoms with Crippen LogP contribution < -0.4 is 10.9 Å². The van der Waals surface area contributed by atoms with Crippen LogP contribution in [-0.4, -0.2) is 52.3 Å². The zero-order valence-corrected chi connectivity index (χ0v) is 22.6. The lowest BCUT2D eigenvalue weighted by Gasteiger charge is -2.45. The molecule has 1 saturated heterocycles. The maximum absolute atomic E-state index is 13.1. The molecule has 0 radical (unpaired) electrons. The number of carbonyl (C=O) groups is 1. The second-order valence-corrected chi connectivity index (χ2v) is 12.1. The zero-order chi connectivity index (χ0) is 26.1. The number of benzene rings is 2. The third-order valence-corrected chi connectivity index (χ3v) is 8.60. The summed E-state index contributed by atoms with van der Waals surface area (Å²) in [6.07, 6.45) is 3.34. The van der Waals surface area contributed by atoms with Gasteiger partial charge in [-0.1, -0.05) is 29.8 Å². The van der Waals surface area contributed by atoms with E-state index in [-0.39, 0.29) is 17.1 Å². The first-order chi connectivity index (χ1) is 17.6. The number of ether oxygens (including phenoxy) is 1. The number of nitrogens with one attached hydrogen (secondary N) is 1. The fourth-order valence-electron chi connectivity index (χ4n) is 6.41. The fraction of sp³-hybridized carbons (Fsp3) is 0.483. The molecule has 0 unspecified atom stereocenters. The number of fused-ring (bicyclic) bond motifs is 7. The van der Waals surface area contributed by atoms with Crippen molar-refractivity contribution in [2.24, 2.45) is 0 Å². The molecule has 1 aromatic heterocycles. The lowest BCUT2D eigenvalue weighted by Crippen LogP contribution is -2.51. The van der Waals surface area contributed by atoms with Gasteiger partial charge in [0.05, 0.1) is 27.0 Å². The lowest BCUT2D eigenvalue weighted by atomic mass is 9.61. The van der Waals surface area contributed by atoms with E-state index in [4.69, 9.17) is 16.3 Å². The van der Waals surface area contributed by atoms with Crippen LogP contribution in [0.5, 0.6) is 0 Å². The van der Waals surface area contributed by atoms with Gasteiger partial charge in [0.25, 0.3) is 5.56 Å². The van der Waals surface area contributed by atoms with Gasteiger partial charge in [0, 0.05) is 19.1 Å². The third kappa shape index (κ3) is 3.86. The van der Waals surface area contributed by atoms with Crippen LogP contribution in [0, 0.1) is 0 Å². The molecule has 1 aliphatic carbocycles. The minimum Gasteiger partial charge on any atom is -0.444 e. The van der Waals surface area contributed by atoms with E-state index in [0.717, 1.165) is 42.7 Å². The number of carbonyl (C=O) groups excluding carboxylic acids is 1. The van der Waals surface area contributed by atoms with Crippen molar-refractivity contribution >= 4 is 28.6 Å². The van der Waals surface area contributed by atoms with E-state index in [2.05, 4.69) is 33.1 Å². The second kappa shape index (κ2) is 8.57. The van der Waals surface area contributed by atoms with Crippen molar-refractivity contribution in [1.29, 1.82) is 0 Å². The van der Waals surface area contributed by atoms with Gasteiger partial charge in [-0.3, -0.25) is 9.36 Å². The summed E-state index contributed by atoms with van der Waals surface area (Å²) in [5, 5.41) is 4.29. The molecule has 2 aliphatic heterocycles. The Hall–Kier alpha value is -2.90. The minimum absolute atomic E-state index is 0.238. The van der Waals surface area contributed by atoms with Crippen LogP contribution in [0.1, 0.15) is 69.3 Å². The Kier molecular flexibility index (Phi) is 5.66. The summed E-state index contributed by atoms with van der Waals surface area (Å²) >= 11 is 6.48. The van der Waals surface area contributed by atoms with Crippen molar-refractivity contribution in [3.63, 3.8) is 0 Å². The first-order valence-electron chi connectivity index (χ1n) is 13.1. The molecule has 3 aromatic rings. The van der Waals surface area contributed by atoms with Crippen molar-refractivity contribution in [3.8, 4) is 5.69 Å². The van der Waals surface area contributed by atoms with Gasteiger partial charge >= 0.3 is 6.09 Å². The highest BCUT2D eigenvalue weighted by Crippen LogP contribution is 2.55. The van der Waals surface area contributed by atoms with Gasteiger partial charge in [0.1, 0.15) is 11.4 Å². The SMILES string of the molecule is CNC1CC2(C1)c1ccc(C3CCN(C(=O)OC(C)(C)C)CC3)cc1-n1c2nc(=O)c2c(Cl)cccc21. The molecule has 194 valence electrons. The van der Waals surface area contributed by atoms with Gasteiger partial charge in [-0.2, -0.15) is 4.98 Å². The van der Waals surface area contributed by atoms with Gasteiger partial charge in [0.15, 0.2) is 0 Å². The average molecular weight is 521 g/mol. The largest absolute Gasteiger partial charge is 0.444 e. The van der Waals surface area contributed by atoms with E-state index < -0.39 is 5.60 Å². The Labute approximate surface area is 221 Å². The topological polar surface area (TPSA) is 76.5 Å². The summed E-state index contributed by atoms with van der Waals surface area (Å²) in [6, 6.07) is 12.8. The molecule has 6 rings (SSSR count). The van der Waals surface area contributed by atoms with Crippen molar-refractivity contribution in [2.45, 2.75) is 69.4 Å². The molecule has 3 aliphatic rings. The van der Waals surface area contributed by atoms with Crippen LogP contribution in [0.3, 0.4) is 0 Å². The van der Waals surface area contributed by atoms with Crippen LogP contribution in [0.4, 0.5) is 4.79 Å². The minimum atomic E-state index is -0.494. The number of hydrogen-bond acceptors (Lipinski definition) is 5. The number of likely N-dealkylation sites (tertiary alicyclic amines) is 1. The van der Waals surface area contributed by atoms with Crippen LogP contribution in [0.15, 0.2) is 41.2 Å². The fourth-order valence-corrected chi connectivity index (χ4v) is 6.66. The number of hydrogen-bond donors (Lipinski definition) is 1. The van der Waals surface area contributed by atoms with E-state index in [1.54, 1.807) is 6.07 Å². The van der Waals surface area contributed by atoms with Gasteiger partial charge in [-0.05, 0) is 88.7 Å². The number of amides is 1. The van der Waals surface area contributed by atoms with Gasteiger partial charge in [0.2, 0.25) is 0 Å². The molecule has 1 saturated carbocycles. The van der Waals surface area contributed by atoms with E-state index in [1.165, 1.54) is 11.1 Å². The highest BCUT2D eigenvalue weighted by atomic mass is 35.5. The quantitative estimate of drug-likeness (QED) is 0.506. The molecular formula is C29H33ClN4O3. The maximum Gasteiger partial charge on any atom is 0.410 e. The number of rotatable bonds is 2. The molecule has 1 N–H and O–H groups in total. The van der Waals surface area contributed by atoms with Crippen LogP contribution in [0.2, 0.25) is 5.02 Å². The Morgan fingerprint density at radius 1 is 1.16 bits per heavy atom. The molecule has 1 amide bonds. The van der Waals surface area contributed by atoms with Crippen molar-refractivity contribution in [2.75, 3.05) is 20.1 Å². The molecular weight excluding hydrogens is 488 g/mol. The van der Waals surface area contributed by atoms with Crippen LogP contribution in [0.25, 0.3) is 16.6 Å². The Bertz CT molecular complexity index is 1460. The molecule has 37 heavy (non-hydrogen) atoms. The summed E-state index contributed by atoms with van der Waals surface area (Å²) in [4.78, 5) is 32.1. The first-order valence-corrected chi connectivity index (χ1v) is 13.5. The number of piperidine rings is 1. The van der Waals surface area contributed by atoms with E-state index >= 15 is 0 Å². The van der Waals surface area contributed by atoms with Crippen LogP contribution in [-0.2, 0) is 10.2 Å². The molecule has 3 heterocycles. The highest BCUT2D eigenvalue weighted by molar-refractivity contribution is 6.35. The standard InChI is InChI=1S/C29H33ClN4O3/c1-28(2,3)37-27(36)33-12-10-17(11-13-33)18-8-9-20-23(14-18)34-22-7-5-6-21(30)24(22)25(35)32-26(34)29(20)15-19(16-29)31-4/h5-9,14,17,19,31H,10-13,15-16H2,1-4H3. The third-order valence-electron chi connectivity index (χ3n) is 8.29. The first kappa shape index (κ1) is 24.4. The number of nitrogens with zero attached hydrogens (tertiary/aromatic N) is 3. The average Bonchev–Trinajstić information content (AvgIpc) is 3.11. The number of halogens is 1. The molecule has 7 nitrogen and oxygen atoms in total. The highest BCUT2D eigenvalue weighted by Gasteiger charge is 2.54. The maximum atomic E-state index is 13.1. The van der Waals surface area contributed by atoms with E-state index in [0.29, 0.717) is 35.5 Å². The van der Waals surface area contributed by atoms with Crippen molar-refractivity contribution < 1.29 is 9.53 Å². The zero-order valence-electron chi connectivity index (χ0n) is 21.8. The molecule has 1 spiro atoms. The second-order valence-electron chi connectivity index (χ2n) is 11.7. The summed E-state index contributed by atoms with van der Waals surface area (Å²) < 4.78 is 7.74. The van der Waals surface area contributed by atoms with E-state index in [1.807, 2.05) is 44.9 Å². The Balaban J connectivity index is 1.38. The van der Waals surface area contributed by atoms with Gasteiger partial charge in [-0.25, -0.2) is 4.79 Å². The smallest absolute Gasteiger partial charge is 0.410 e. The number of aromatic nitrogens is 2. The summed E-state index contributed by atoms with van der Waals surface area (Å²) in [7, 11) is 1.99. The monoisotopic (exact) mass is 520 g/mol. The van der Waals surface area contributed by atoms with Crippen molar-refractivity contribution in [3.05, 3.63) is 68.7 Å². The van der Waals surface area contributed by atoms with Gasteiger partial charge < -0.3 is 15.0 Å². The molecule has 0 atom stereocenters. The predicted octanol–water partition coefficient (Wildman–Crippen LogP) is 5.13. The van der Waals surface area contributed by atoms with E-state index in [9.17, 15) is 9.59 Å². The predicted molar refractivity (Wildman–Crippen MR) is 145 cm³/mol. The molecule has 2 fully saturated rings. The Morgan fingerprint density at radius 2 is 1.89 bits per heavy atom. The lowest BCUT2D eigenvalue weighted by molar-refractivity contribution is 0.0205. The molecule has 8 heteroatoms. The Morgan fingerprint density at radius 3 is 2.57 bits per heavy atom. The molecule has 2 aromatic carbocycles. The summed E-state index contributed by atoms with van der Waals surface area (Å²) in [5.74, 6) is 1.17. The van der Waals surface area contributed by atoms with Crippen molar-refractivity contribution in [1.82, 2.24) is 19.8 Å². The summed E-state index contributed by atoms with van der Waals surface area (Å²) in [6.45, 7) is 7.04. The van der Waals surface area contributed by atoms with Gasteiger partial charge in [-0.15, -0.1) is 0 Å². The molecule has 0 bridgehead atoms.